The van der Waals surface area contributed by atoms with Gasteiger partial charge in [-0.3, -0.25) is 0 Å². The summed E-state index contributed by atoms with van der Waals surface area (Å²) in [6, 6.07) is 0. The Bertz CT molecular complexity index is 267. The summed E-state index contributed by atoms with van der Waals surface area (Å²) >= 11 is 1.91. The molecule has 2 unspecified atom stereocenters. The molecular weight excluding hydrogens is 284 g/mol. The lowest BCUT2D eigenvalue weighted by molar-refractivity contribution is 0.389. The lowest BCUT2D eigenvalue weighted by atomic mass is 9.91. The molecule has 0 aliphatic carbocycles. The minimum absolute atomic E-state index is 0.876. The van der Waals surface area contributed by atoms with Crippen LogP contribution in [0, 0.1) is 17.8 Å². The van der Waals surface area contributed by atoms with Crippen molar-refractivity contribution >= 4 is 11.8 Å². The van der Waals surface area contributed by atoms with Crippen molar-refractivity contribution in [1.29, 1.82) is 0 Å². The van der Waals surface area contributed by atoms with Crippen LogP contribution in [0.5, 0.6) is 0 Å². The van der Waals surface area contributed by atoms with E-state index in [4.69, 9.17) is 0 Å². The molecule has 0 bridgehead atoms. The predicted molar refractivity (Wildman–Crippen MR) is 107 cm³/mol. The van der Waals surface area contributed by atoms with E-state index in [1.54, 1.807) is 5.57 Å². The monoisotopic (exact) mass is 326 g/mol. The Morgan fingerprint density at radius 3 is 1.82 bits per heavy atom. The van der Waals surface area contributed by atoms with E-state index in [1.807, 2.05) is 11.8 Å². The minimum Gasteiger partial charge on any atom is -0.161 e. The van der Waals surface area contributed by atoms with Crippen molar-refractivity contribution < 1.29 is 0 Å². The van der Waals surface area contributed by atoms with Crippen LogP contribution in [0.15, 0.2) is 11.6 Å². The average molecular weight is 327 g/mol. The lowest BCUT2D eigenvalue weighted by Gasteiger charge is -2.15. The molecule has 1 heteroatoms. The quantitative estimate of drug-likeness (QED) is 0.294. The van der Waals surface area contributed by atoms with Crippen LogP contribution in [-0.4, -0.2) is 12.0 Å². The van der Waals surface area contributed by atoms with Crippen LogP contribution in [0.1, 0.15) is 92.4 Å². The molecular formula is C21H42S. The van der Waals surface area contributed by atoms with Gasteiger partial charge in [-0.15, -0.1) is 0 Å². The fraction of sp³-hybridized carbons (Fsp3) is 0.905. The van der Waals surface area contributed by atoms with Gasteiger partial charge in [0.15, 0.2) is 0 Å². The van der Waals surface area contributed by atoms with Gasteiger partial charge < -0.3 is 0 Å². The number of allylic oxidation sites excluding steroid dienone is 1. The van der Waals surface area contributed by atoms with Crippen LogP contribution < -0.4 is 0 Å². The summed E-state index contributed by atoms with van der Waals surface area (Å²) in [5.41, 5.74) is 1.58. The van der Waals surface area contributed by atoms with Gasteiger partial charge in [-0.2, -0.15) is 11.8 Å². The highest BCUT2D eigenvalue weighted by atomic mass is 32.2. The summed E-state index contributed by atoms with van der Waals surface area (Å²) < 4.78 is 0. The van der Waals surface area contributed by atoms with E-state index >= 15 is 0 Å². The third-order valence-corrected chi connectivity index (χ3v) is 5.24. The van der Waals surface area contributed by atoms with Crippen LogP contribution in [0.3, 0.4) is 0 Å². The number of thioether (sulfide) groups is 1. The Morgan fingerprint density at radius 1 is 0.818 bits per heavy atom. The highest BCUT2D eigenvalue weighted by molar-refractivity contribution is 7.98. The summed E-state index contributed by atoms with van der Waals surface area (Å²) in [6.07, 6.45) is 17.2. The van der Waals surface area contributed by atoms with Gasteiger partial charge >= 0.3 is 0 Å². The molecule has 0 rings (SSSR count). The van der Waals surface area contributed by atoms with Crippen LogP contribution >= 0.6 is 11.8 Å². The van der Waals surface area contributed by atoms with Gasteiger partial charge in [0, 0.05) is 5.75 Å². The van der Waals surface area contributed by atoms with Gasteiger partial charge in [0.2, 0.25) is 0 Å². The first-order chi connectivity index (χ1) is 10.5. The Labute approximate surface area is 145 Å². The van der Waals surface area contributed by atoms with Crippen molar-refractivity contribution in [2.75, 3.05) is 12.0 Å². The molecule has 22 heavy (non-hydrogen) atoms. The van der Waals surface area contributed by atoms with Crippen molar-refractivity contribution in [3.63, 3.8) is 0 Å². The van der Waals surface area contributed by atoms with Crippen molar-refractivity contribution in [3.05, 3.63) is 11.6 Å². The van der Waals surface area contributed by atoms with E-state index in [2.05, 4.69) is 47.0 Å². The standard InChI is InChI=1S/C21H42S/c1-18(2)10-7-11-19(3)12-8-13-20(4)14-9-15-21(5)16-17-22-6/h16,18-20H,7-15,17H2,1-6H3. The SMILES string of the molecule is CSCC=C(C)CCCC(C)CCCC(C)CCCC(C)C. The molecule has 0 heterocycles. The van der Waals surface area contributed by atoms with Gasteiger partial charge in [0.1, 0.15) is 0 Å². The molecule has 0 fully saturated rings. The molecule has 0 aromatic rings. The van der Waals surface area contributed by atoms with Gasteiger partial charge in [0.25, 0.3) is 0 Å². The van der Waals surface area contributed by atoms with Gasteiger partial charge in [-0.05, 0) is 43.8 Å². The van der Waals surface area contributed by atoms with E-state index in [1.165, 1.54) is 63.5 Å². The fourth-order valence-corrected chi connectivity index (χ4v) is 3.49. The van der Waals surface area contributed by atoms with E-state index in [0.29, 0.717) is 0 Å². The van der Waals surface area contributed by atoms with Gasteiger partial charge in [0.05, 0.1) is 0 Å². The molecule has 0 radical (unpaired) electrons. The molecule has 0 N–H and O–H groups in total. The third kappa shape index (κ3) is 15.0. The van der Waals surface area contributed by atoms with Crippen molar-refractivity contribution in [1.82, 2.24) is 0 Å². The first-order valence-electron chi connectivity index (χ1n) is 9.60. The van der Waals surface area contributed by atoms with Crippen molar-refractivity contribution in [2.45, 2.75) is 92.4 Å². The second-order valence-corrected chi connectivity index (χ2v) is 8.77. The second-order valence-electron chi connectivity index (χ2n) is 7.86. The summed E-state index contributed by atoms with van der Waals surface area (Å²) in [5, 5.41) is 0. The minimum atomic E-state index is 0.876. The maximum atomic E-state index is 2.45. The molecule has 132 valence electrons. The van der Waals surface area contributed by atoms with E-state index < -0.39 is 0 Å². The van der Waals surface area contributed by atoms with E-state index in [-0.39, 0.29) is 0 Å². The molecule has 0 spiro atoms. The Kier molecular flexibility index (Phi) is 14.7. The smallest absolute Gasteiger partial charge is 0.0113 e. The Balaban J connectivity index is 3.54. The zero-order valence-corrected chi connectivity index (χ0v) is 17.1. The number of hydrogen-bond acceptors (Lipinski definition) is 1. The summed E-state index contributed by atoms with van der Waals surface area (Å²) in [7, 11) is 0. The van der Waals surface area contributed by atoms with Gasteiger partial charge in [-0.25, -0.2) is 0 Å². The highest BCUT2D eigenvalue weighted by Gasteiger charge is 2.06. The molecule has 0 aromatic carbocycles. The largest absolute Gasteiger partial charge is 0.161 e. The van der Waals surface area contributed by atoms with Gasteiger partial charge in [-0.1, -0.05) is 84.3 Å². The molecule has 0 amide bonds. The average Bonchev–Trinajstić information content (AvgIpc) is 2.44. The van der Waals surface area contributed by atoms with E-state index in [9.17, 15) is 0 Å². The molecule has 0 saturated carbocycles. The zero-order valence-electron chi connectivity index (χ0n) is 16.3. The molecule has 2 atom stereocenters. The number of hydrogen-bond donors (Lipinski definition) is 0. The topological polar surface area (TPSA) is 0 Å². The maximum absolute atomic E-state index is 2.45. The van der Waals surface area contributed by atoms with Crippen molar-refractivity contribution in [3.8, 4) is 0 Å². The summed E-state index contributed by atoms with van der Waals surface area (Å²) in [4.78, 5) is 0. The van der Waals surface area contributed by atoms with E-state index in [0.717, 1.165) is 17.8 Å². The van der Waals surface area contributed by atoms with Crippen LogP contribution in [-0.2, 0) is 0 Å². The second kappa shape index (κ2) is 14.7. The number of rotatable bonds is 14. The summed E-state index contributed by atoms with van der Waals surface area (Å²) in [5.74, 6) is 3.90. The molecule has 0 aliphatic rings. The third-order valence-electron chi connectivity index (χ3n) is 4.74. The highest BCUT2D eigenvalue weighted by Crippen LogP contribution is 2.22. The lowest BCUT2D eigenvalue weighted by Crippen LogP contribution is -2.00. The summed E-state index contributed by atoms with van der Waals surface area (Å²) in [6.45, 7) is 11.9. The molecule has 0 saturated heterocycles. The normalized spacial score (nSPS) is 15.3. The zero-order chi connectivity index (χ0) is 16.8. The molecule has 0 nitrogen and oxygen atoms in total. The predicted octanol–water partition coefficient (Wildman–Crippen LogP) is 7.73. The van der Waals surface area contributed by atoms with Crippen LogP contribution in [0.25, 0.3) is 0 Å². The maximum Gasteiger partial charge on any atom is 0.0113 e. The van der Waals surface area contributed by atoms with Crippen molar-refractivity contribution in [2.24, 2.45) is 17.8 Å². The van der Waals surface area contributed by atoms with Crippen LogP contribution in [0.4, 0.5) is 0 Å². The first-order valence-corrected chi connectivity index (χ1v) is 11.0. The Hall–Kier alpha value is 0.0900. The molecule has 0 aliphatic heterocycles. The van der Waals surface area contributed by atoms with Crippen LogP contribution in [0.2, 0.25) is 0 Å². The molecule has 0 aromatic heterocycles. The fourth-order valence-electron chi connectivity index (χ4n) is 3.04. The Morgan fingerprint density at radius 2 is 1.32 bits per heavy atom. The first kappa shape index (κ1) is 22.1.